The van der Waals surface area contributed by atoms with Gasteiger partial charge in [-0.15, -0.1) is 6.58 Å². The highest BCUT2D eigenvalue weighted by molar-refractivity contribution is 7.14. The van der Waals surface area contributed by atoms with Crippen LogP contribution in [-0.4, -0.2) is 22.4 Å². The highest BCUT2D eigenvalue weighted by Crippen LogP contribution is 1.86. The SMILES string of the molecule is C=C[Si](C)(O)[SiH3]. The van der Waals surface area contributed by atoms with Crippen LogP contribution in [0.25, 0.3) is 0 Å². The molecule has 36 valence electrons. The van der Waals surface area contributed by atoms with Gasteiger partial charge >= 0.3 is 0 Å². The molecular formula is C3H10OSi2. The van der Waals surface area contributed by atoms with Gasteiger partial charge in [0.2, 0.25) is 0 Å². The molecule has 0 amide bonds. The molecule has 6 heavy (non-hydrogen) atoms. The summed E-state index contributed by atoms with van der Waals surface area (Å²) in [4.78, 5) is 8.91. The summed E-state index contributed by atoms with van der Waals surface area (Å²) in [6, 6.07) is 0. The molecule has 3 heteroatoms. The van der Waals surface area contributed by atoms with Gasteiger partial charge < -0.3 is 4.80 Å². The Kier molecular flexibility index (Phi) is 1.76. The summed E-state index contributed by atoms with van der Waals surface area (Å²) in [5.74, 6) is 0. The van der Waals surface area contributed by atoms with Crippen molar-refractivity contribution in [2.45, 2.75) is 6.55 Å². The first kappa shape index (κ1) is 6.13. The predicted molar refractivity (Wildman–Crippen MR) is 34.0 cm³/mol. The lowest BCUT2D eigenvalue weighted by Crippen LogP contribution is -2.27. The van der Waals surface area contributed by atoms with Crippen molar-refractivity contribution in [2.75, 3.05) is 0 Å². The van der Waals surface area contributed by atoms with Crippen LogP contribution in [0.3, 0.4) is 0 Å². The topological polar surface area (TPSA) is 20.2 Å². The maximum absolute atomic E-state index is 8.91. The monoisotopic (exact) mass is 118 g/mol. The lowest BCUT2D eigenvalue weighted by atomic mass is 11.3. The Hall–Kier alpha value is 0.134. The van der Waals surface area contributed by atoms with E-state index in [1.165, 1.54) is 0 Å². The van der Waals surface area contributed by atoms with E-state index in [1.54, 1.807) is 5.70 Å². The van der Waals surface area contributed by atoms with Gasteiger partial charge in [-0.05, 0) is 6.55 Å². The van der Waals surface area contributed by atoms with E-state index < -0.39 is 7.83 Å². The van der Waals surface area contributed by atoms with Gasteiger partial charge in [0.25, 0.3) is 0 Å². The number of rotatable bonds is 1. The van der Waals surface area contributed by atoms with Crippen LogP contribution in [0.1, 0.15) is 0 Å². The highest BCUT2D eigenvalue weighted by Gasteiger charge is 2.07. The summed E-state index contributed by atoms with van der Waals surface area (Å²) in [5, 5.41) is 0. The number of hydrogen-bond acceptors (Lipinski definition) is 1. The van der Waals surface area contributed by atoms with Crippen LogP contribution in [-0.2, 0) is 0 Å². The average Bonchev–Trinajstić information content (AvgIpc) is 1.35. The fourth-order valence-electron chi connectivity index (χ4n) is 0. The van der Waals surface area contributed by atoms with Crippen molar-refractivity contribution in [2.24, 2.45) is 0 Å². The van der Waals surface area contributed by atoms with Crippen molar-refractivity contribution in [3.63, 3.8) is 0 Å². The summed E-state index contributed by atoms with van der Waals surface area (Å²) >= 11 is 0. The van der Waals surface area contributed by atoms with Crippen LogP contribution in [0.15, 0.2) is 12.3 Å². The minimum absolute atomic E-state index is 0.905. The fraction of sp³-hybridized carbons (Fsp3) is 0.333. The first-order chi connectivity index (χ1) is 2.56. The fourth-order valence-corrected chi connectivity index (χ4v) is 0. The molecule has 1 N–H and O–H groups in total. The Morgan fingerprint density at radius 2 is 2.17 bits per heavy atom. The zero-order chi connectivity index (χ0) is 5.21. The Morgan fingerprint density at radius 1 is 2.00 bits per heavy atom. The van der Waals surface area contributed by atoms with Gasteiger partial charge in [-0.25, -0.2) is 0 Å². The van der Waals surface area contributed by atoms with Crippen molar-refractivity contribution in [3.05, 3.63) is 12.3 Å². The second-order valence-electron chi connectivity index (χ2n) is 1.86. The third-order valence-corrected chi connectivity index (χ3v) is 2.72. The molecule has 0 fully saturated rings. The third-order valence-electron chi connectivity index (χ3n) is 0.500. The molecule has 0 aliphatic rings. The summed E-state index contributed by atoms with van der Waals surface area (Å²) in [7, 11) is -0.823. The molecule has 1 unspecified atom stereocenters. The van der Waals surface area contributed by atoms with E-state index >= 15 is 0 Å². The van der Waals surface area contributed by atoms with Gasteiger partial charge in [0, 0.05) is 9.76 Å². The van der Waals surface area contributed by atoms with E-state index in [-0.39, 0.29) is 0 Å². The molecule has 0 bridgehead atoms. The van der Waals surface area contributed by atoms with Crippen molar-refractivity contribution < 1.29 is 4.80 Å². The van der Waals surface area contributed by atoms with Gasteiger partial charge in [-0.1, -0.05) is 5.70 Å². The van der Waals surface area contributed by atoms with Crippen LogP contribution in [0.2, 0.25) is 6.55 Å². The summed E-state index contributed by atoms with van der Waals surface area (Å²) in [5.41, 5.74) is 1.69. The Bertz CT molecular complexity index is 54.3. The zero-order valence-electron chi connectivity index (χ0n) is 4.23. The maximum Gasteiger partial charge on any atom is 0.184 e. The first-order valence-electron chi connectivity index (χ1n) is 1.92. The zero-order valence-corrected chi connectivity index (χ0v) is 7.23. The largest absolute Gasteiger partial charge is 0.432 e. The van der Waals surface area contributed by atoms with Crippen LogP contribution >= 0.6 is 0 Å². The second-order valence-corrected chi connectivity index (χ2v) is 11.6. The van der Waals surface area contributed by atoms with Gasteiger partial charge in [0.1, 0.15) is 0 Å². The Labute approximate surface area is 42.0 Å². The van der Waals surface area contributed by atoms with Crippen molar-refractivity contribution >= 4 is 17.6 Å². The van der Waals surface area contributed by atoms with Crippen molar-refractivity contribution in [3.8, 4) is 0 Å². The van der Waals surface area contributed by atoms with Crippen molar-refractivity contribution in [1.82, 2.24) is 0 Å². The molecule has 0 aromatic carbocycles. The average molecular weight is 118 g/mol. The summed E-state index contributed by atoms with van der Waals surface area (Å²) < 4.78 is 0. The molecule has 0 rings (SSSR count). The molecule has 0 aliphatic carbocycles. The molecule has 1 nitrogen and oxygen atoms in total. The smallest absolute Gasteiger partial charge is 0.184 e. The minimum atomic E-state index is -1.73. The van der Waals surface area contributed by atoms with Gasteiger partial charge in [-0.3, -0.25) is 0 Å². The Balaban J connectivity index is 3.45. The standard InChI is InChI=1S/C3H10OSi2/c1-3-6(2,4)5/h3-4H,1H2,2,5H3. The van der Waals surface area contributed by atoms with Crippen LogP contribution in [0.4, 0.5) is 0 Å². The quantitative estimate of drug-likeness (QED) is 0.444. The van der Waals surface area contributed by atoms with E-state index in [2.05, 4.69) is 6.58 Å². The predicted octanol–water partition coefficient (Wildman–Crippen LogP) is -0.859. The summed E-state index contributed by atoms with van der Waals surface area (Å²) in [6.07, 6.45) is 0. The summed E-state index contributed by atoms with van der Waals surface area (Å²) in [6.45, 7) is 5.36. The third kappa shape index (κ3) is 4.13. The van der Waals surface area contributed by atoms with Gasteiger partial charge in [0.05, 0.1) is 0 Å². The number of hydrogen-bond donors (Lipinski definition) is 1. The Morgan fingerprint density at radius 3 is 2.17 bits per heavy atom. The van der Waals surface area contributed by atoms with E-state index in [0.29, 0.717) is 0 Å². The molecule has 0 aromatic rings. The van der Waals surface area contributed by atoms with E-state index in [1.807, 2.05) is 6.55 Å². The molecule has 0 aliphatic heterocycles. The molecular weight excluding hydrogens is 108 g/mol. The molecule has 0 aromatic heterocycles. The lowest BCUT2D eigenvalue weighted by Gasteiger charge is -2.02. The van der Waals surface area contributed by atoms with E-state index in [4.69, 9.17) is 4.80 Å². The molecule has 0 spiro atoms. The molecule has 0 saturated heterocycles. The lowest BCUT2D eigenvalue weighted by molar-refractivity contribution is 0.583. The highest BCUT2D eigenvalue weighted by atomic mass is 29.2. The van der Waals surface area contributed by atoms with E-state index in [0.717, 1.165) is 9.76 Å². The normalized spacial score (nSPS) is 19.7. The molecule has 0 saturated carbocycles. The minimum Gasteiger partial charge on any atom is -0.432 e. The van der Waals surface area contributed by atoms with Crippen LogP contribution in [0, 0.1) is 0 Å². The second kappa shape index (κ2) is 1.72. The molecule has 1 atom stereocenters. The van der Waals surface area contributed by atoms with Crippen LogP contribution < -0.4 is 0 Å². The van der Waals surface area contributed by atoms with Gasteiger partial charge in [0.15, 0.2) is 7.83 Å². The van der Waals surface area contributed by atoms with Crippen LogP contribution in [0.5, 0.6) is 0 Å². The molecule has 0 radical (unpaired) electrons. The first-order valence-corrected chi connectivity index (χ1v) is 7.95. The maximum atomic E-state index is 8.91. The molecule has 0 heterocycles. The van der Waals surface area contributed by atoms with E-state index in [9.17, 15) is 0 Å². The van der Waals surface area contributed by atoms with Gasteiger partial charge in [-0.2, -0.15) is 0 Å². The van der Waals surface area contributed by atoms with Crippen molar-refractivity contribution in [1.29, 1.82) is 0 Å².